The molecule has 2 aromatic rings. The lowest BCUT2D eigenvalue weighted by Gasteiger charge is -2.53. The van der Waals surface area contributed by atoms with Gasteiger partial charge in [0.2, 0.25) is 0 Å². The second-order valence-electron chi connectivity index (χ2n) is 10.6. The van der Waals surface area contributed by atoms with Crippen molar-refractivity contribution in [1.82, 2.24) is 9.78 Å². The largest absolute Gasteiger partial charge is 0.422 e. The van der Waals surface area contributed by atoms with E-state index in [4.69, 9.17) is 9.47 Å². The molecule has 0 unspecified atom stereocenters. The average Bonchev–Trinajstić information content (AvgIpc) is 3.18. The lowest BCUT2D eigenvalue weighted by molar-refractivity contribution is -0.256. The maximum atomic E-state index is 13.4. The van der Waals surface area contributed by atoms with Gasteiger partial charge in [-0.15, -0.1) is 0 Å². The van der Waals surface area contributed by atoms with E-state index in [1.807, 2.05) is 10.9 Å². The molecule has 0 amide bonds. The van der Waals surface area contributed by atoms with Gasteiger partial charge in [0.1, 0.15) is 5.82 Å². The third-order valence-electron chi connectivity index (χ3n) is 8.14. The molecule has 0 radical (unpaired) electrons. The normalized spacial score (nSPS) is 28.6. The van der Waals surface area contributed by atoms with Gasteiger partial charge in [-0.3, -0.25) is 9.59 Å². The molecule has 4 aliphatic rings. The molecule has 1 aliphatic heterocycles. The van der Waals surface area contributed by atoms with Crippen LogP contribution in [0.5, 0.6) is 0 Å². The van der Waals surface area contributed by atoms with Gasteiger partial charge in [0.05, 0.1) is 17.6 Å². The number of carbonyl (C=O) groups is 2. The van der Waals surface area contributed by atoms with E-state index in [2.05, 4.69) is 24.2 Å². The minimum absolute atomic E-state index is 0.242. The highest BCUT2D eigenvalue weighted by Gasteiger charge is 2.64. The maximum Gasteiger partial charge on any atom is 0.327 e. The van der Waals surface area contributed by atoms with Gasteiger partial charge in [-0.05, 0) is 68.0 Å². The summed E-state index contributed by atoms with van der Waals surface area (Å²) >= 11 is 0. The van der Waals surface area contributed by atoms with E-state index >= 15 is 0 Å². The minimum atomic E-state index is -1.27. The molecule has 0 N–H and O–H groups in total. The van der Waals surface area contributed by atoms with Crippen molar-refractivity contribution in [3.8, 4) is 5.69 Å². The summed E-state index contributed by atoms with van der Waals surface area (Å²) in [6, 6.07) is 6.32. The molecule has 2 atom stereocenters. The second kappa shape index (κ2) is 6.90. The molecule has 1 saturated carbocycles. The average molecular weight is 463 g/mol. The quantitative estimate of drug-likeness (QED) is 0.342. The van der Waals surface area contributed by atoms with E-state index in [-0.39, 0.29) is 17.2 Å². The number of nitrogens with zero attached hydrogens (tertiary/aromatic N) is 2. The highest BCUT2D eigenvalue weighted by molar-refractivity contribution is 6.03. The van der Waals surface area contributed by atoms with E-state index in [9.17, 15) is 14.0 Å². The number of benzene rings is 1. The van der Waals surface area contributed by atoms with Crippen LogP contribution in [0.1, 0.15) is 57.7 Å². The van der Waals surface area contributed by atoms with E-state index in [0.717, 1.165) is 35.4 Å². The molecule has 3 aliphatic carbocycles. The molecule has 6 nitrogen and oxygen atoms in total. The van der Waals surface area contributed by atoms with Crippen LogP contribution in [0.25, 0.3) is 11.8 Å². The van der Waals surface area contributed by atoms with Gasteiger partial charge in [0.15, 0.2) is 5.41 Å². The zero-order valence-corrected chi connectivity index (χ0v) is 19.6. The van der Waals surface area contributed by atoms with Crippen LogP contribution in [-0.4, -0.2) is 27.5 Å². The summed E-state index contributed by atoms with van der Waals surface area (Å²) < 4.78 is 26.5. The molecule has 0 bridgehead atoms. The molecule has 2 heterocycles. The number of cyclic esters (lactones) is 2. The number of ether oxygens (including phenoxy) is 2. The summed E-state index contributed by atoms with van der Waals surface area (Å²) in [7, 11) is 0. The monoisotopic (exact) mass is 462 g/mol. The van der Waals surface area contributed by atoms with Crippen molar-refractivity contribution < 1.29 is 23.5 Å². The van der Waals surface area contributed by atoms with Gasteiger partial charge in [0, 0.05) is 25.2 Å². The van der Waals surface area contributed by atoms with Crippen molar-refractivity contribution in [3.05, 3.63) is 64.8 Å². The highest BCUT2D eigenvalue weighted by Crippen LogP contribution is 2.61. The fourth-order valence-electron chi connectivity index (χ4n) is 6.49. The lowest BCUT2D eigenvalue weighted by Crippen LogP contribution is -2.60. The van der Waals surface area contributed by atoms with E-state index in [1.54, 1.807) is 26.0 Å². The highest BCUT2D eigenvalue weighted by atomic mass is 19.1. The molecule has 34 heavy (non-hydrogen) atoms. The van der Waals surface area contributed by atoms with Gasteiger partial charge in [-0.1, -0.05) is 24.1 Å². The zero-order chi connectivity index (χ0) is 23.9. The van der Waals surface area contributed by atoms with Crippen molar-refractivity contribution in [2.24, 2.45) is 16.7 Å². The van der Waals surface area contributed by atoms with Crippen LogP contribution in [-0.2, 0) is 25.5 Å². The van der Waals surface area contributed by atoms with Crippen LogP contribution < -0.4 is 0 Å². The fraction of sp³-hybridized carbons (Fsp3) is 0.444. The molecule has 1 aromatic carbocycles. The van der Waals surface area contributed by atoms with Gasteiger partial charge in [-0.2, -0.15) is 5.10 Å². The lowest BCUT2D eigenvalue weighted by atomic mass is 9.51. The first-order valence-electron chi connectivity index (χ1n) is 11.9. The Hall–Kier alpha value is -3.22. The molecule has 2 fully saturated rings. The number of carbonyl (C=O) groups excluding carboxylic acids is 2. The first-order valence-corrected chi connectivity index (χ1v) is 11.9. The van der Waals surface area contributed by atoms with Crippen LogP contribution in [0, 0.1) is 22.6 Å². The van der Waals surface area contributed by atoms with Crippen molar-refractivity contribution in [2.75, 3.05) is 0 Å². The van der Waals surface area contributed by atoms with Crippen LogP contribution in [0.3, 0.4) is 0 Å². The molecule has 6 rings (SSSR count). The fourth-order valence-corrected chi connectivity index (χ4v) is 6.49. The molecule has 1 spiro atoms. The summed E-state index contributed by atoms with van der Waals surface area (Å²) in [5.41, 5.74) is 3.71. The summed E-state index contributed by atoms with van der Waals surface area (Å²) in [4.78, 5) is 26.6. The predicted molar refractivity (Wildman–Crippen MR) is 122 cm³/mol. The Balaban J connectivity index is 1.40. The summed E-state index contributed by atoms with van der Waals surface area (Å²) in [5.74, 6) is -2.68. The van der Waals surface area contributed by atoms with Crippen molar-refractivity contribution >= 4 is 18.0 Å². The molecule has 7 heteroatoms. The Bertz CT molecular complexity index is 1270. The third-order valence-corrected chi connectivity index (χ3v) is 8.14. The third kappa shape index (κ3) is 2.82. The van der Waals surface area contributed by atoms with Crippen molar-refractivity contribution in [1.29, 1.82) is 0 Å². The molecule has 1 aromatic heterocycles. The number of hydrogen-bond donors (Lipinski definition) is 0. The number of aromatic nitrogens is 2. The Morgan fingerprint density at radius 1 is 1.09 bits per heavy atom. The van der Waals surface area contributed by atoms with E-state index < -0.39 is 23.1 Å². The van der Waals surface area contributed by atoms with Crippen LogP contribution in [0.15, 0.2) is 47.7 Å². The van der Waals surface area contributed by atoms with Crippen LogP contribution in [0.4, 0.5) is 4.39 Å². The number of halogens is 1. The standard InChI is InChI=1S/C27H27FN2O4/c1-25(2)33-23(31)27(24(32)34-25)12-4-5-20-21(27)11-6-17-13-22-16(14-26(17,20)3)15-29-30(22)19-9-7-18(28)8-10-19/h5,7-10,13,15,21H,4,6,11-12,14H2,1-3H3/t21-,26-/m0/s1. The van der Waals surface area contributed by atoms with Gasteiger partial charge >= 0.3 is 11.9 Å². The Morgan fingerprint density at radius 2 is 1.79 bits per heavy atom. The van der Waals surface area contributed by atoms with Gasteiger partial charge in [0.25, 0.3) is 5.79 Å². The van der Waals surface area contributed by atoms with Crippen molar-refractivity contribution in [3.63, 3.8) is 0 Å². The smallest absolute Gasteiger partial charge is 0.327 e. The van der Waals surface area contributed by atoms with Crippen LogP contribution in [0.2, 0.25) is 0 Å². The van der Waals surface area contributed by atoms with E-state index in [1.165, 1.54) is 17.7 Å². The summed E-state index contributed by atoms with van der Waals surface area (Å²) in [6.07, 6.45) is 9.48. The first kappa shape index (κ1) is 21.3. The number of hydrogen-bond acceptors (Lipinski definition) is 5. The summed E-state index contributed by atoms with van der Waals surface area (Å²) in [5, 5.41) is 4.60. The van der Waals surface area contributed by atoms with Crippen LogP contribution >= 0.6 is 0 Å². The predicted octanol–water partition coefficient (Wildman–Crippen LogP) is 4.91. The van der Waals surface area contributed by atoms with Gasteiger partial charge in [-0.25, -0.2) is 9.07 Å². The molecular formula is C27H27FN2O4. The zero-order valence-electron chi connectivity index (χ0n) is 19.6. The molecule has 176 valence electrons. The number of rotatable bonds is 1. The molecular weight excluding hydrogens is 435 g/mol. The van der Waals surface area contributed by atoms with Gasteiger partial charge < -0.3 is 9.47 Å². The molecule has 1 saturated heterocycles. The second-order valence-corrected chi connectivity index (χ2v) is 10.6. The SMILES string of the molecule is CC1(C)OC(=O)C2(CCC=C3[C@@H]2CCC2=Cc4c(cnn4-c4ccc(F)cc4)C[C@@]23C)C(=O)O1. The number of allylic oxidation sites excluding steroid dienone is 3. The maximum absolute atomic E-state index is 13.4. The van der Waals surface area contributed by atoms with E-state index in [0.29, 0.717) is 19.3 Å². The number of esters is 2. The number of fused-ring (bicyclic) bond motifs is 5. The first-order chi connectivity index (χ1) is 16.1. The Labute approximate surface area is 197 Å². The Morgan fingerprint density at radius 3 is 2.50 bits per heavy atom. The minimum Gasteiger partial charge on any atom is -0.422 e. The topological polar surface area (TPSA) is 70.4 Å². The summed E-state index contributed by atoms with van der Waals surface area (Å²) in [6.45, 7) is 5.40. The van der Waals surface area contributed by atoms with Crippen molar-refractivity contribution in [2.45, 2.75) is 58.7 Å². The Kier molecular flexibility index (Phi) is 4.33.